The average Bonchev–Trinajstić information content (AvgIpc) is 2.14. The zero-order valence-electron chi connectivity index (χ0n) is 9.54. The van der Waals surface area contributed by atoms with Crippen molar-refractivity contribution in [1.82, 2.24) is 5.32 Å². The molecule has 0 aromatic carbocycles. The molecule has 0 rings (SSSR count). The Morgan fingerprint density at radius 2 is 2.14 bits per heavy atom. The monoisotopic (exact) mass is 221 g/mol. The Morgan fingerprint density at radius 1 is 1.43 bits per heavy atom. The summed E-state index contributed by atoms with van der Waals surface area (Å²) in [6, 6.07) is 0.434. The molecule has 3 nitrogen and oxygen atoms in total. The third-order valence-electron chi connectivity index (χ3n) is 1.93. The van der Waals surface area contributed by atoms with Crippen LogP contribution in [-0.2, 0) is 15.5 Å². The molecule has 0 heterocycles. The lowest BCUT2D eigenvalue weighted by Gasteiger charge is -2.12. The third-order valence-corrected chi connectivity index (χ3v) is 2.74. The van der Waals surface area contributed by atoms with E-state index in [1.54, 1.807) is 6.26 Å². The predicted octanol–water partition coefficient (Wildman–Crippen LogP) is 1.16. The van der Waals surface area contributed by atoms with Gasteiger partial charge >= 0.3 is 0 Å². The first-order valence-electron chi connectivity index (χ1n) is 5.28. The van der Waals surface area contributed by atoms with E-state index in [1.807, 2.05) is 0 Å². The van der Waals surface area contributed by atoms with Crippen molar-refractivity contribution in [2.45, 2.75) is 32.7 Å². The molecular formula is C10H23NO2S. The number of ether oxygens (including phenoxy) is 1. The van der Waals surface area contributed by atoms with Gasteiger partial charge in [0.1, 0.15) is 0 Å². The molecule has 0 radical (unpaired) electrons. The highest BCUT2D eigenvalue weighted by atomic mass is 32.2. The van der Waals surface area contributed by atoms with Crippen molar-refractivity contribution in [1.29, 1.82) is 0 Å². The van der Waals surface area contributed by atoms with E-state index in [0.29, 0.717) is 6.04 Å². The van der Waals surface area contributed by atoms with Gasteiger partial charge in [0.25, 0.3) is 0 Å². The Hall–Kier alpha value is 0.0700. The van der Waals surface area contributed by atoms with Crippen LogP contribution in [0.2, 0.25) is 0 Å². The zero-order chi connectivity index (χ0) is 10.8. The lowest BCUT2D eigenvalue weighted by atomic mass is 10.2. The van der Waals surface area contributed by atoms with Gasteiger partial charge in [-0.05, 0) is 19.8 Å². The summed E-state index contributed by atoms with van der Waals surface area (Å²) >= 11 is 0. The van der Waals surface area contributed by atoms with Crippen molar-refractivity contribution >= 4 is 10.8 Å². The molecule has 0 aromatic rings. The second-order valence-electron chi connectivity index (χ2n) is 3.53. The maximum absolute atomic E-state index is 10.8. The number of hydrogen-bond acceptors (Lipinski definition) is 3. The molecular weight excluding hydrogens is 198 g/mol. The first-order chi connectivity index (χ1) is 6.66. The molecule has 0 aromatic heterocycles. The van der Waals surface area contributed by atoms with Gasteiger partial charge < -0.3 is 10.1 Å². The lowest BCUT2D eigenvalue weighted by Crippen LogP contribution is -2.30. The smallest absolute Gasteiger partial charge is 0.0590 e. The van der Waals surface area contributed by atoms with Gasteiger partial charge in [-0.1, -0.05) is 6.92 Å². The highest BCUT2D eigenvalue weighted by Crippen LogP contribution is 1.92. The van der Waals surface area contributed by atoms with E-state index in [1.165, 1.54) is 0 Å². The van der Waals surface area contributed by atoms with Gasteiger partial charge in [-0.2, -0.15) is 0 Å². The van der Waals surface area contributed by atoms with E-state index < -0.39 is 10.8 Å². The summed E-state index contributed by atoms with van der Waals surface area (Å²) in [6.45, 7) is 6.72. The molecule has 0 aliphatic rings. The fourth-order valence-electron chi connectivity index (χ4n) is 1.07. The topological polar surface area (TPSA) is 38.3 Å². The Morgan fingerprint density at radius 3 is 2.71 bits per heavy atom. The minimum atomic E-state index is -0.668. The predicted molar refractivity (Wildman–Crippen MR) is 62.1 cm³/mol. The van der Waals surface area contributed by atoms with Crippen LogP contribution in [-0.4, -0.2) is 42.0 Å². The summed E-state index contributed by atoms with van der Waals surface area (Å²) < 4.78 is 16.2. The Labute approximate surface area is 90.1 Å². The zero-order valence-corrected chi connectivity index (χ0v) is 10.4. The molecule has 0 spiro atoms. The fraction of sp³-hybridized carbons (Fsp3) is 1.00. The molecule has 1 N–H and O–H groups in total. The van der Waals surface area contributed by atoms with Crippen molar-refractivity contribution in [3.63, 3.8) is 0 Å². The van der Waals surface area contributed by atoms with Crippen LogP contribution in [0.4, 0.5) is 0 Å². The van der Waals surface area contributed by atoms with Gasteiger partial charge in [0.2, 0.25) is 0 Å². The Balaban J connectivity index is 3.18. The van der Waals surface area contributed by atoms with Gasteiger partial charge in [-0.25, -0.2) is 0 Å². The molecule has 0 amide bonds. The minimum absolute atomic E-state index is 0.434. The second-order valence-corrected chi connectivity index (χ2v) is 5.09. The van der Waals surface area contributed by atoms with Crippen LogP contribution in [0, 0.1) is 0 Å². The highest BCUT2D eigenvalue weighted by Gasteiger charge is 2.01. The summed E-state index contributed by atoms with van der Waals surface area (Å²) in [4.78, 5) is 0. The van der Waals surface area contributed by atoms with Crippen LogP contribution in [0.15, 0.2) is 0 Å². The third kappa shape index (κ3) is 10.2. The summed E-state index contributed by atoms with van der Waals surface area (Å²) in [5.41, 5.74) is 0. The van der Waals surface area contributed by atoms with Crippen molar-refractivity contribution in [3.8, 4) is 0 Å². The number of hydrogen-bond donors (Lipinski definition) is 1. The standard InChI is InChI=1S/C10H23NO2S/c1-4-7-13-8-6-11-10(2)5-9-14(3)12/h10-11H,4-9H2,1-3H3. The molecule has 4 heteroatoms. The lowest BCUT2D eigenvalue weighted by molar-refractivity contribution is 0.134. The van der Waals surface area contributed by atoms with E-state index in [0.717, 1.165) is 38.4 Å². The molecule has 0 saturated carbocycles. The van der Waals surface area contributed by atoms with Crippen LogP contribution in [0.1, 0.15) is 26.7 Å². The van der Waals surface area contributed by atoms with Gasteiger partial charge in [-0.3, -0.25) is 4.21 Å². The highest BCUT2D eigenvalue weighted by molar-refractivity contribution is 7.84. The average molecular weight is 221 g/mol. The van der Waals surface area contributed by atoms with Crippen molar-refractivity contribution < 1.29 is 8.95 Å². The maximum atomic E-state index is 10.8. The van der Waals surface area contributed by atoms with Crippen LogP contribution in [0.25, 0.3) is 0 Å². The van der Waals surface area contributed by atoms with Crippen LogP contribution >= 0.6 is 0 Å². The normalized spacial score (nSPS) is 15.4. The van der Waals surface area contributed by atoms with Gasteiger partial charge in [0.15, 0.2) is 0 Å². The molecule has 2 atom stereocenters. The number of rotatable bonds is 9. The van der Waals surface area contributed by atoms with Crippen molar-refractivity contribution in [3.05, 3.63) is 0 Å². The molecule has 0 fully saturated rings. The first kappa shape index (κ1) is 14.1. The van der Waals surface area contributed by atoms with Crippen molar-refractivity contribution in [2.75, 3.05) is 31.8 Å². The van der Waals surface area contributed by atoms with Gasteiger partial charge in [0.05, 0.1) is 6.61 Å². The molecule has 86 valence electrons. The van der Waals surface area contributed by atoms with Gasteiger partial charge in [0, 0.05) is 42.0 Å². The quantitative estimate of drug-likeness (QED) is 0.594. The maximum Gasteiger partial charge on any atom is 0.0590 e. The van der Waals surface area contributed by atoms with Crippen LogP contribution in [0.5, 0.6) is 0 Å². The summed E-state index contributed by atoms with van der Waals surface area (Å²) in [7, 11) is -0.668. The molecule has 0 aliphatic heterocycles. The summed E-state index contributed by atoms with van der Waals surface area (Å²) in [5.74, 6) is 0.782. The number of nitrogens with one attached hydrogen (secondary N) is 1. The van der Waals surface area contributed by atoms with Crippen molar-refractivity contribution in [2.24, 2.45) is 0 Å². The van der Waals surface area contributed by atoms with Crippen LogP contribution in [0.3, 0.4) is 0 Å². The molecule has 14 heavy (non-hydrogen) atoms. The SMILES string of the molecule is CCCOCCNC(C)CCS(C)=O. The summed E-state index contributed by atoms with van der Waals surface area (Å²) in [5, 5.41) is 3.34. The second kappa shape index (κ2) is 9.62. The van der Waals surface area contributed by atoms with Crippen LogP contribution < -0.4 is 5.32 Å². The first-order valence-corrected chi connectivity index (χ1v) is 7.00. The molecule has 2 unspecified atom stereocenters. The Bertz CT molecular complexity index is 153. The Kier molecular flexibility index (Phi) is 9.67. The van der Waals surface area contributed by atoms with E-state index in [4.69, 9.17) is 4.74 Å². The van der Waals surface area contributed by atoms with Gasteiger partial charge in [-0.15, -0.1) is 0 Å². The van der Waals surface area contributed by atoms with E-state index >= 15 is 0 Å². The summed E-state index contributed by atoms with van der Waals surface area (Å²) in [6.07, 6.45) is 3.79. The minimum Gasteiger partial charge on any atom is -0.380 e. The van der Waals surface area contributed by atoms with E-state index in [2.05, 4.69) is 19.2 Å². The fourth-order valence-corrected chi connectivity index (χ4v) is 1.75. The molecule has 0 bridgehead atoms. The largest absolute Gasteiger partial charge is 0.380 e. The van der Waals surface area contributed by atoms with E-state index in [9.17, 15) is 4.21 Å². The van der Waals surface area contributed by atoms with E-state index in [-0.39, 0.29) is 0 Å². The molecule has 0 aliphatic carbocycles. The molecule has 0 saturated heterocycles.